The van der Waals surface area contributed by atoms with E-state index < -0.39 is 0 Å². The Hall–Kier alpha value is -1.75. The third kappa shape index (κ3) is 1.88. The topological polar surface area (TPSA) is 49.8 Å². The van der Waals surface area contributed by atoms with E-state index in [9.17, 15) is 0 Å². The molecule has 0 aliphatic carbocycles. The molecule has 0 aliphatic rings. The molecule has 2 nitrogen and oxygen atoms in total. The van der Waals surface area contributed by atoms with E-state index in [4.69, 9.17) is 11.0 Å². The molecule has 2 heteroatoms. The Kier molecular flexibility index (Phi) is 2.71. The maximum absolute atomic E-state index is 8.47. The molecule has 0 radical (unpaired) electrons. The lowest BCUT2D eigenvalue weighted by Crippen LogP contribution is -2.00. The molecule has 0 bridgehead atoms. The predicted octanol–water partition coefficient (Wildman–Crippen LogP) is 2.13. The van der Waals surface area contributed by atoms with Crippen LogP contribution >= 0.6 is 0 Å². The lowest BCUT2D eigenvalue weighted by atomic mass is 10.0. The van der Waals surface area contributed by atoms with Gasteiger partial charge in [0.1, 0.15) is 0 Å². The molecule has 13 heavy (non-hydrogen) atoms. The minimum absolute atomic E-state index is 0.540. The molecule has 1 aromatic rings. The lowest BCUT2D eigenvalue weighted by molar-refractivity contribution is 1.32. The van der Waals surface area contributed by atoms with E-state index in [0.717, 1.165) is 16.7 Å². The second-order valence-corrected chi connectivity index (χ2v) is 3.00. The van der Waals surface area contributed by atoms with Gasteiger partial charge >= 0.3 is 0 Å². The molecule has 1 aromatic carbocycles. The first-order valence-corrected chi connectivity index (χ1v) is 4.08. The van der Waals surface area contributed by atoms with Gasteiger partial charge in [0.2, 0.25) is 0 Å². The van der Waals surface area contributed by atoms with Crippen LogP contribution in [0.3, 0.4) is 0 Å². The fourth-order valence-electron chi connectivity index (χ4n) is 1.41. The fourth-order valence-corrected chi connectivity index (χ4v) is 1.41. The van der Waals surface area contributed by atoms with Crippen molar-refractivity contribution in [2.24, 2.45) is 5.73 Å². The molecule has 1 rings (SSSR count). The highest BCUT2D eigenvalue weighted by atomic mass is 14.6. The third-order valence-electron chi connectivity index (χ3n) is 1.99. The van der Waals surface area contributed by atoms with Crippen LogP contribution in [0.1, 0.15) is 16.7 Å². The SMILES string of the molecule is Cc1cccc(C)c1/C(N)=C/C#N. The van der Waals surface area contributed by atoms with Crippen LogP contribution in [0.2, 0.25) is 0 Å². The normalized spacial score (nSPS) is 11.0. The van der Waals surface area contributed by atoms with Gasteiger partial charge in [0.15, 0.2) is 0 Å². The zero-order chi connectivity index (χ0) is 9.84. The minimum atomic E-state index is 0.540. The van der Waals surface area contributed by atoms with Crippen molar-refractivity contribution >= 4 is 5.70 Å². The number of benzene rings is 1. The van der Waals surface area contributed by atoms with Gasteiger partial charge in [0.25, 0.3) is 0 Å². The number of aryl methyl sites for hydroxylation is 2. The summed E-state index contributed by atoms with van der Waals surface area (Å²) in [5.41, 5.74) is 9.46. The van der Waals surface area contributed by atoms with Gasteiger partial charge in [-0.1, -0.05) is 18.2 Å². The smallest absolute Gasteiger partial charge is 0.0933 e. The Labute approximate surface area is 78.3 Å². The molecular weight excluding hydrogens is 160 g/mol. The highest BCUT2D eigenvalue weighted by Crippen LogP contribution is 2.18. The maximum atomic E-state index is 8.47. The van der Waals surface area contributed by atoms with E-state index in [0.29, 0.717) is 5.70 Å². The van der Waals surface area contributed by atoms with Crippen LogP contribution < -0.4 is 5.73 Å². The van der Waals surface area contributed by atoms with Gasteiger partial charge in [0, 0.05) is 17.3 Å². The average molecular weight is 172 g/mol. The third-order valence-corrected chi connectivity index (χ3v) is 1.99. The van der Waals surface area contributed by atoms with Crippen LogP contribution in [-0.4, -0.2) is 0 Å². The summed E-state index contributed by atoms with van der Waals surface area (Å²) in [4.78, 5) is 0. The molecule has 0 unspecified atom stereocenters. The molecule has 0 amide bonds. The van der Waals surface area contributed by atoms with Gasteiger partial charge in [-0.2, -0.15) is 5.26 Å². The van der Waals surface area contributed by atoms with E-state index in [1.54, 1.807) is 0 Å². The van der Waals surface area contributed by atoms with E-state index in [-0.39, 0.29) is 0 Å². The standard InChI is InChI=1S/C11H12N2/c1-8-4-3-5-9(2)11(8)10(13)6-7-12/h3-6H,13H2,1-2H3/b10-6-. The molecule has 0 aromatic heterocycles. The zero-order valence-electron chi connectivity index (χ0n) is 7.83. The first-order valence-electron chi connectivity index (χ1n) is 4.08. The number of allylic oxidation sites excluding steroid dienone is 1. The van der Waals surface area contributed by atoms with E-state index >= 15 is 0 Å². The molecule has 0 saturated heterocycles. The summed E-state index contributed by atoms with van der Waals surface area (Å²) in [5, 5.41) is 8.47. The monoisotopic (exact) mass is 172 g/mol. The summed E-state index contributed by atoms with van der Waals surface area (Å²) < 4.78 is 0. The van der Waals surface area contributed by atoms with Crippen LogP contribution in [0, 0.1) is 25.2 Å². The molecule has 0 fully saturated rings. The van der Waals surface area contributed by atoms with Crippen molar-refractivity contribution in [1.29, 1.82) is 5.26 Å². The van der Waals surface area contributed by atoms with Crippen LogP contribution in [0.4, 0.5) is 0 Å². The van der Waals surface area contributed by atoms with E-state index in [2.05, 4.69) is 0 Å². The summed E-state index contributed by atoms with van der Waals surface area (Å²) in [5.74, 6) is 0. The number of nitrogens with zero attached hydrogens (tertiary/aromatic N) is 1. The quantitative estimate of drug-likeness (QED) is 0.660. The van der Waals surface area contributed by atoms with Crippen LogP contribution in [-0.2, 0) is 0 Å². The van der Waals surface area contributed by atoms with Crippen molar-refractivity contribution in [2.75, 3.05) is 0 Å². The van der Waals surface area contributed by atoms with Crippen molar-refractivity contribution in [3.8, 4) is 6.07 Å². The zero-order valence-corrected chi connectivity index (χ0v) is 7.83. The Morgan fingerprint density at radius 1 is 1.38 bits per heavy atom. The van der Waals surface area contributed by atoms with Gasteiger partial charge in [-0.25, -0.2) is 0 Å². The molecule has 0 saturated carbocycles. The second-order valence-electron chi connectivity index (χ2n) is 3.00. The molecule has 2 N–H and O–H groups in total. The van der Waals surface area contributed by atoms with Gasteiger partial charge < -0.3 is 5.73 Å². The second kappa shape index (κ2) is 3.77. The molecule has 0 spiro atoms. The molecule has 0 aliphatic heterocycles. The van der Waals surface area contributed by atoms with Crippen molar-refractivity contribution in [2.45, 2.75) is 13.8 Å². The van der Waals surface area contributed by atoms with Crippen molar-refractivity contribution in [3.63, 3.8) is 0 Å². The minimum Gasteiger partial charge on any atom is -0.398 e. The van der Waals surface area contributed by atoms with Crippen LogP contribution in [0.5, 0.6) is 0 Å². The molecule has 0 heterocycles. The van der Waals surface area contributed by atoms with Gasteiger partial charge in [-0.05, 0) is 25.0 Å². The molecular formula is C11H12N2. The Balaban J connectivity index is 3.30. The first-order chi connectivity index (χ1) is 6.16. The summed E-state index contributed by atoms with van der Waals surface area (Å²) in [6, 6.07) is 7.89. The number of nitrogens with two attached hydrogens (primary N) is 1. The number of hydrogen-bond acceptors (Lipinski definition) is 2. The Morgan fingerprint density at radius 2 is 1.92 bits per heavy atom. The maximum Gasteiger partial charge on any atom is 0.0933 e. The fraction of sp³-hybridized carbons (Fsp3) is 0.182. The summed E-state index contributed by atoms with van der Waals surface area (Å²) in [6.45, 7) is 3.97. The van der Waals surface area contributed by atoms with Gasteiger partial charge in [-0.15, -0.1) is 0 Å². The number of nitriles is 1. The van der Waals surface area contributed by atoms with E-state index in [1.165, 1.54) is 6.08 Å². The number of hydrogen-bond donors (Lipinski definition) is 1. The molecule has 0 atom stereocenters. The van der Waals surface area contributed by atoms with Crippen molar-refractivity contribution < 1.29 is 0 Å². The highest BCUT2D eigenvalue weighted by Gasteiger charge is 2.03. The largest absolute Gasteiger partial charge is 0.398 e. The van der Waals surface area contributed by atoms with Crippen LogP contribution in [0.15, 0.2) is 24.3 Å². The Morgan fingerprint density at radius 3 is 2.38 bits per heavy atom. The summed E-state index contributed by atoms with van der Waals surface area (Å²) in [7, 11) is 0. The van der Waals surface area contributed by atoms with Crippen LogP contribution in [0.25, 0.3) is 5.70 Å². The van der Waals surface area contributed by atoms with Crippen molar-refractivity contribution in [1.82, 2.24) is 0 Å². The number of rotatable bonds is 1. The lowest BCUT2D eigenvalue weighted by Gasteiger charge is -2.08. The first kappa shape index (κ1) is 9.34. The Bertz CT molecular complexity index is 363. The van der Waals surface area contributed by atoms with Gasteiger partial charge in [-0.3, -0.25) is 0 Å². The summed E-state index contributed by atoms with van der Waals surface area (Å²) in [6.07, 6.45) is 1.37. The predicted molar refractivity (Wildman–Crippen MR) is 53.7 cm³/mol. The average Bonchev–Trinajstić information content (AvgIpc) is 2.04. The highest BCUT2D eigenvalue weighted by molar-refractivity contribution is 5.69. The van der Waals surface area contributed by atoms with E-state index in [1.807, 2.05) is 38.1 Å². The van der Waals surface area contributed by atoms with Gasteiger partial charge in [0.05, 0.1) is 6.07 Å². The molecule has 66 valence electrons. The summed E-state index contributed by atoms with van der Waals surface area (Å²) >= 11 is 0. The van der Waals surface area contributed by atoms with Crippen molar-refractivity contribution in [3.05, 3.63) is 41.0 Å².